The van der Waals surface area contributed by atoms with Gasteiger partial charge < -0.3 is 0 Å². The molecule has 0 aliphatic heterocycles. The molecule has 1 aromatic heterocycles. The van der Waals surface area contributed by atoms with Crippen molar-refractivity contribution in [3.8, 4) is 0 Å². The molecular formula is C7H12ClN3O2S. The number of unbranched alkanes of at least 4 members (excludes halogenated alkanes) is 1. The summed E-state index contributed by atoms with van der Waals surface area (Å²) in [7, 11) is -3.41. The Hall–Kier alpha value is -0.590. The monoisotopic (exact) mass is 237 g/mol. The fraction of sp³-hybridized carbons (Fsp3) is 0.571. The topological polar surface area (TPSA) is 74.8 Å². The molecule has 80 valence electrons. The Morgan fingerprint density at radius 2 is 2.29 bits per heavy atom. The molecule has 0 aliphatic rings. The maximum absolute atomic E-state index is 11.4. The van der Waals surface area contributed by atoms with Crippen LogP contribution in [0.3, 0.4) is 0 Å². The van der Waals surface area contributed by atoms with Crippen molar-refractivity contribution in [3.63, 3.8) is 0 Å². The lowest BCUT2D eigenvalue weighted by atomic mass is 10.3. The lowest BCUT2D eigenvalue weighted by Gasteiger charge is -2.02. The zero-order valence-electron chi connectivity index (χ0n) is 7.53. The summed E-state index contributed by atoms with van der Waals surface area (Å²) >= 11 is 5.46. The molecule has 0 saturated carbocycles. The summed E-state index contributed by atoms with van der Waals surface area (Å²) in [6, 6.07) is 1.41. The molecule has 1 heterocycles. The van der Waals surface area contributed by atoms with Crippen LogP contribution in [0.25, 0.3) is 0 Å². The second kappa shape index (κ2) is 5.33. The first-order valence-electron chi connectivity index (χ1n) is 4.22. The van der Waals surface area contributed by atoms with Crippen molar-refractivity contribution in [1.29, 1.82) is 0 Å². The SMILES string of the molecule is O=S(=O)(NCCCCCl)c1ccn[nH]1. The van der Waals surface area contributed by atoms with Gasteiger partial charge in [0.2, 0.25) is 0 Å². The van der Waals surface area contributed by atoms with Crippen molar-refractivity contribution in [2.45, 2.75) is 17.9 Å². The molecule has 1 rings (SSSR count). The van der Waals surface area contributed by atoms with Crippen LogP contribution in [-0.2, 0) is 10.0 Å². The van der Waals surface area contributed by atoms with E-state index in [-0.39, 0.29) is 5.03 Å². The second-order valence-electron chi connectivity index (χ2n) is 2.71. The van der Waals surface area contributed by atoms with Gasteiger partial charge in [0.05, 0.1) is 6.20 Å². The van der Waals surface area contributed by atoms with E-state index < -0.39 is 10.0 Å². The summed E-state index contributed by atoms with van der Waals surface area (Å²) in [5.41, 5.74) is 0. The van der Waals surface area contributed by atoms with Crippen molar-refractivity contribution in [1.82, 2.24) is 14.9 Å². The number of alkyl halides is 1. The first-order valence-corrected chi connectivity index (χ1v) is 6.23. The van der Waals surface area contributed by atoms with Crippen LogP contribution in [0, 0.1) is 0 Å². The molecule has 2 N–H and O–H groups in total. The lowest BCUT2D eigenvalue weighted by molar-refractivity contribution is 0.574. The molecular weight excluding hydrogens is 226 g/mol. The van der Waals surface area contributed by atoms with Crippen molar-refractivity contribution >= 4 is 21.6 Å². The van der Waals surface area contributed by atoms with Gasteiger partial charge in [-0.3, -0.25) is 5.10 Å². The van der Waals surface area contributed by atoms with Crippen LogP contribution in [0.1, 0.15) is 12.8 Å². The van der Waals surface area contributed by atoms with Crippen molar-refractivity contribution in [3.05, 3.63) is 12.3 Å². The third-order valence-corrected chi connectivity index (χ3v) is 3.28. The van der Waals surface area contributed by atoms with Gasteiger partial charge in [-0.1, -0.05) is 0 Å². The van der Waals surface area contributed by atoms with Crippen molar-refractivity contribution < 1.29 is 8.42 Å². The normalized spacial score (nSPS) is 11.8. The highest BCUT2D eigenvalue weighted by Crippen LogP contribution is 2.02. The molecule has 0 bridgehead atoms. The molecule has 0 aliphatic carbocycles. The molecule has 0 amide bonds. The highest BCUT2D eigenvalue weighted by atomic mass is 35.5. The molecule has 0 spiro atoms. The average molecular weight is 238 g/mol. The third-order valence-electron chi connectivity index (χ3n) is 1.62. The first kappa shape index (κ1) is 11.5. The van der Waals surface area contributed by atoms with E-state index in [1.165, 1.54) is 12.3 Å². The fourth-order valence-corrected chi connectivity index (χ4v) is 2.07. The Bertz CT molecular complexity index is 349. The van der Waals surface area contributed by atoms with Gasteiger partial charge in [0, 0.05) is 12.4 Å². The number of aromatic nitrogens is 2. The first-order chi connectivity index (χ1) is 6.67. The number of hydrogen-bond donors (Lipinski definition) is 2. The summed E-state index contributed by atoms with van der Waals surface area (Å²) in [4.78, 5) is 0. The van der Waals surface area contributed by atoms with Crippen LogP contribution >= 0.6 is 11.6 Å². The Labute approximate surface area is 87.9 Å². The highest BCUT2D eigenvalue weighted by molar-refractivity contribution is 7.89. The predicted molar refractivity (Wildman–Crippen MR) is 53.7 cm³/mol. The maximum atomic E-state index is 11.4. The van der Waals surface area contributed by atoms with Crippen molar-refractivity contribution in [2.75, 3.05) is 12.4 Å². The van der Waals surface area contributed by atoms with Gasteiger partial charge in [-0.15, -0.1) is 11.6 Å². The summed E-state index contributed by atoms with van der Waals surface area (Å²) in [6.45, 7) is 0.397. The van der Waals surface area contributed by atoms with Gasteiger partial charge in [-0.25, -0.2) is 13.1 Å². The van der Waals surface area contributed by atoms with Gasteiger partial charge >= 0.3 is 0 Å². The van der Waals surface area contributed by atoms with Crippen LogP contribution in [0.4, 0.5) is 0 Å². The molecule has 0 radical (unpaired) electrons. The average Bonchev–Trinajstić information content (AvgIpc) is 2.65. The molecule has 0 aromatic carbocycles. The Morgan fingerprint density at radius 1 is 1.50 bits per heavy atom. The molecule has 0 unspecified atom stereocenters. The van der Waals surface area contributed by atoms with Crippen LogP contribution < -0.4 is 4.72 Å². The smallest absolute Gasteiger partial charge is 0.257 e. The molecule has 0 atom stereocenters. The Kier molecular flexibility index (Phi) is 4.37. The van der Waals surface area contributed by atoms with Gasteiger partial charge in [-0.05, 0) is 18.9 Å². The van der Waals surface area contributed by atoms with Crippen molar-refractivity contribution in [2.24, 2.45) is 0 Å². The van der Waals surface area contributed by atoms with Crippen LogP contribution in [0.15, 0.2) is 17.3 Å². The molecule has 0 fully saturated rings. The molecule has 0 saturated heterocycles. The van der Waals surface area contributed by atoms with E-state index in [4.69, 9.17) is 11.6 Å². The summed E-state index contributed by atoms with van der Waals surface area (Å²) in [6.07, 6.45) is 2.93. The minimum atomic E-state index is -3.41. The molecule has 7 heteroatoms. The molecule has 1 aromatic rings. The number of halogens is 1. The Morgan fingerprint density at radius 3 is 2.86 bits per heavy atom. The number of H-pyrrole nitrogens is 1. The number of aromatic amines is 1. The number of nitrogens with one attached hydrogen (secondary N) is 2. The van der Waals surface area contributed by atoms with Gasteiger partial charge in [0.1, 0.15) is 0 Å². The zero-order valence-corrected chi connectivity index (χ0v) is 9.11. The minimum Gasteiger partial charge on any atom is -0.266 e. The number of sulfonamides is 1. The van der Waals surface area contributed by atoms with E-state index >= 15 is 0 Å². The maximum Gasteiger partial charge on any atom is 0.257 e. The standard InChI is InChI=1S/C7H12ClN3O2S/c8-4-1-2-5-10-14(12,13)7-3-6-9-11-7/h3,6,10H,1-2,4-5H2,(H,9,11). The number of rotatable bonds is 6. The third kappa shape index (κ3) is 3.28. The van der Waals surface area contributed by atoms with Crippen LogP contribution in [0.5, 0.6) is 0 Å². The van der Waals surface area contributed by atoms with Gasteiger partial charge in [0.25, 0.3) is 10.0 Å². The van der Waals surface area contributed by atoms with Crippen LogP contribution in [0.2, 0.25) is 0 Å². The summed E-state index contributed by atoms with van der Waals surface area (Å²) < 4.78 is 25.3. The minimum absolute atomic E-state index is 0.0865. The number of hydrogen-bond acceptors (Lipinski definition) is 3. The van der Waals surface area contributed by atoms with E-state index in [2.05, 4.69) is 14.9 Å². The fourth-order valence-electron chi connectivity index (χ4n) is 0.897. The van der Waals surface area contributed by atoms with E-state index in [9.17, 15) is 8.42 Å². The van der Waals surface area contributed by atoms with E-state index in [0.717, 1.165) is 12.8 Å². The highest BCUT2D eigenvalue weighted by Gasteiger charge is 2.13. The second-order valence-corrected chi connectivity index (χ2v) is 4.83. The quantitative estimate of drug-likeness (QED) is 0.565. The molecule has 5 nitrogen and oxygen atoms in total. The summed E-state index contributed by atoms with van der Waals surface area (Å²) in [5.74, 6) is 0.547. The van der Waals surface area contributed by atoms with E-state index in [0.29, 0.717) is 12.4 Å². The van der Waals surface area contributed by atoms with Gasteiger partial charge in [-0.2, -0.15) is 5.10 Å². The van der Waals surface area contributed by atoms with Crippen LogP contribution in [-0.4, -0.2) is 31.0 Å². The zero-order chi connectivity index (χ0) is 10.4. The number of nitrogens with zero attached hydrogens (tertiary/aromatic N) is 1. The molecule has 14 heavy (non-hydrogen) atoms. The van der Waals surface area contributed by atoms with E-state index in [1.54, 1.807) is 0 Å². The van der Waals surface area contributed by atoms with Gasteiger partial charge in [0.15, 0.2) is 5.03 Å². The Balaban J connectivity index is 2.44. The summed E-state index contributed by atoms with van der Waals surface area (Å²) in [5, 5.41) is 6.05. The van der Waals surface area contributed by atoms with E-state index in [1.807, 2.05) is 0 Å². The predicted octanol–water partition coefficient (Wildman–Crippen LogP) is 0.707. The lowest BCUT2D eigenvalue weighted by Crippen LogP contribution is -2.25. The largest absolute Gasteiger partial charge is 0.266 e.